The molecule has 0 aromatic rings. The molecule has 2 saturated carbocycles. The predicted molar refractivity (Wildman–Crippen MR) is 93.4 cm³/mol. The standard InChI is InChI=1S/C18H32N2O.ClH/c1-14-2-5-16(6-3-14)20(17-7-8-17)18(21)9-4-15-10-12-19-13-11-15;/h14-17,19H,2-13H2,1H3;1H. The van der Waals surface area contributed by atoms with E-state index in [1.54, 1.807) is 0 Å². The van der Waals surface area contributed by atoms with E-state index in [9.17, 15) is 4.79 Å². The van der Waals surface area contributed by atoms with Gasteiger partial charge in [-0.15, -0.1) is 12.4 Å². The lowest BCUT2D eigenvalue weighted by Gasteiger charge is -2.37. The van der Waals surface area contributed by atoms with Crippen LogP contribution in [0.25, 0.3) is 0 Å². The molecule has 3 rings (SSSR count). The first-order valence-electron chi connectivity index (χ1n) is 9.26. The number of piperidine rings is 1. The first-order chi connectivity index (χ1) is 10.2. The fraction of sp³-hybridized carbons (Fsp3) is 0.944. The quantitative estimate of drug-likeness (QED) is 0.833. The van der Waals surface area contributed by atoms with Gasteiger partial charge in [0.25, 0.3) is 0 Å². The molecule has 0 aromatic heterocycles. The van der Waals surface area contributed by atoms with E-state index in [-0.39, 0.29) is 12.4 Å². The van der Waals surface area contributed by atoms with E-state index >= 15 is 0 Å². The van der Waals surface area contributed by atoms with Crippen molar-refractivity contribution >= 4 is 18.3 Å². The van der Waals surface area contributed by atoms with Gasteiger partial charge in [0.05, 0.1) is 0 Å². The number of hydrogen-bond acceptors (Lipinski definition) is 2. The zero-order valence-electron chi connectivity index (χ0n) is 14.1. The van der Waals surface area contributed by atoms with Gasteiger partial charge >= 0.3 is 0 Å². The second-order valence-corrected chi connectivity index (χ2v) is 7.68. The molecule has 128 valence electrons. The van der Waals surface area contributed by atoms with Gasteiger partial charge in [0.1, 0.15) is 0 Å². The third kappa shape index (κ3) is 4.86. The molecule has 3 aliphatic rings. The Hall–Kier alpha value is -0.280. The highest BCUT2D eigenvalue weighted by atomic mass is 35.5. The molecule has 3 fully saturated rings. The molecule has 1 N–H and O–H groups in total. The van der Waals surface area contributed by atoms with Gasteiger partial charge in [-0.05, 0) is 82.7 Å². The second-order valence-electron chi connectivity index (χ2n) is 7.68. The zero-order valence-corrected chi connectivity index (χ0v) is 14.9. The maximum absolute atomic E-state index is 12.8. The molecule has 22 heavy (non-hydrogen) atoms. The summed E-state index contributed by atoms with van der Waals surface area (Å²) in [4.78, 5) is 15.1. The molecule has 4 heteroatoms. The normalized spacial score (nSPS) is 29.7. The molecule has 3 nitrogen and oxygen atoms in total. The third-order valence-corrected chi connectivity index (χ3v) is 5.83. The van der Waals surface area contributed by atoms with Crippen LogP contribution in [0.1, 0.15) is 71.1 Å². The van der Waals surface area contributed by atoms with Gasteiger partial charge in [-0.25, -0.2) is 0 Å². The Bertz CT molecular complexity index is 345. The topological polar surface area (TPSA) is 32.3 Å². The molecule has 1 amide bonds. The molecule has 0 spiro atoms. The van der Waals surface area contributed by atoms with Gasteiger partial charge < -0.3 is 10.2 Å². The number of carbonyl (C=O) groups is 1. The molecule has 1 saturated heterocycles. The lowest BCUT2D eigenvalue weighted by molar-refractivity contribution is -0.135. The highest BCUT2D eigenvalue weighted by Gasteiger charge is 2.38. The lowest BCUT2D eigenvalue weighted by Crippen LogP contribution is -2.44. The Balaban J connectivity index is 0.00000176. The maximum atomic E-state index is 12.8. The molecule has 0 radical (unpaired) electrons. The summed E-state index contributed by atoms with van der Waals surface area (Å²) in [6.45, 7) is 4.65. The molecular weight excluding hydrogens is 296 g/mol. The number of amides is 1. The van der Waals surface area contributed by atoms with Gasteiger partial charge in [-0.3, -0.25) is 4.79 Å². The number of carbonyl (C=O) groups excluding carboxylic acids is 1. The van der Waals surface area contributed by atoms with Crippen molar-refractivity contribution in [2.75, 3.05) is 13.1 Å². The van der Waals surface area contributed by atoms with E-state index in [0.29, 0.717) is 18.0 Å². The summed E-state index contributed by atoms with van der Waals surface area (Å²) in [6.07, 6.45) is 12.1. The fourth-order valence-electron chi connectivity index (χ4n) is 4.21. The SMILES string of the molecule is CC1CCC(N(C(=O)CCC2CCNCC2)C2CC2)CC1.Cl. The predicted octanol–water partition coefficient (Wildman–Crippen LogP) is 3.76. The van der Waals surface area contributed by atoms with Gasteiger partial charge in [0.15, 0.2) is 0 Å². The summed E-state index contributed by atoms with van der Waals surface area (Å²) in [5, 5.41) is 3.41. The summed E-state index contributed by atoms with van der Waals surface area (Å²) < 4.78 is 0. The van der Waals surface area contributed by atoms with Crippen LogP contribution in [-0.2, 0) is 4.79 Å². The fourth-order valence-corrected chi connectivity index (χ4v) is 4.21. The van der Waals surface area contributed by atoms with Gasteiger partial charge in [-0.1, -0.05) is 6.92 Å². The van der Waals surface area contributed by atoms with Crippen molar-refractivity contribution in [2.24, 2.45) is 11.8 Å². The summed E-state index contributed by atoms with van der Waals surface area (Å²) in [6, 6.07) is 1.16. The average molecular weight is 329 g/mol. The van der Waals surface area contributed by atoms with Crippen LogP contribution in [0, 0.1) is 11.8 Å². The van der Waals surface area contributed by atoms with Crippen LogP contribution >= 0.6 is 12.4 Å². The van der Waals surface area contributed by atoms with Gasteiger partial charge in [0, 0.05) is 18.5 Å². The maximum Gasteiger partial charge on any atom is 0.223 e. The van der Waals surface area contributed by atoms with Crippen LogP contribution in [0.3, 0.4) is 0 Å². The summed E-state index contributed by atoms with van der Waals surface area (Å²) in [5.41, 5.74) is 0. The smallest absolute Gasteiger partial charge is 0.223 e. The van der Waals surface area contributed by atoms with Crippen LogP contribution in [0.4, 0.5) is 0 Å². The van der Waals surface area contributed by atoms with Gasteiger partial charge in [0.2, 0.25) is 5.91 Å². The van der Waals surface area contributed by atoms with Crippen LogP contribution in [0.5, 0.6) is 0 Å². The molecular formula is C18H33ClN2O. The van der Waals surface area contributed by atoms with E-state index in [2.05, 4.69) is 17.1 Å². The number of nitrogens with one attached hydrogen (secondary N) is 1. The molecule has 1 heterocycles. The van der Waals surface area contributed by atoms with Crippen molar-refractivity contribution in [3.8, 4) is 0 Å². The molecule has 1 aliphatic heterocycles. The van der Waals surface area contributed by atoms with Crippen molar-refractivity contribution in [1.82, 2.24) is 10.2 Å². The minimum Gasteiger partial charge on any atom is -0.337 e. The van der Waals surface area contributed by atoms with E-state index in [4.69, 9.17) is 0 Å². The van der Waals surface area contributed by atoms with Crippen LogP contribution in [0.15, 0.2) is 0 Å². The van der Waals surface area contributed by atoms with Crippen molar-refractivity contribution in [3.05, 3.63) is 0 Å². The summed E-state index contributed by atoms with van der Waals surface area (Å²) >= 11 is 0. The monoisotopic (exact) mass is 328 g/mol. The minimum absolute atomic E-state index is 0. The number of hydrogen-bond donors (Lipinski definition) is 1. The molecule has 0 atom stereocenters. The Morgan fingerprint density at radius 2 is 1.50 bits per heavy atom. The lowest BCUT2D eigenvalue weighted by atomic mass is 9.86. The van der Waals surface area contributed by atoms with Crippen molar-refractivity contribution in [1.29, 1.82) is 0 Å². The summed E-state index contributed by atoms with van der Waals surface area (Å²) in [5.74, 6) is 2.12. The summed E-state index contributed by atoms with van der Waals surface area (Å²) in [7, 11) is 0. The Kier molecular flexibility index (Phi) is 7.01. The van der Waals surface area contributed by atoms with Crippen LogP contribution < -0.4 is 5.32 Å². The number of nitrogens with zero attached hydrogens (tertiary/aromatic N) is 1. The van der Waals surface area contributed by atoms with E-state index in [1.807, 2.05) is 0 Å². The Morgan fingerprint density at radius 3 is 2.05 bits per heavy atom. The first-order valence-corrected chi connectivity index (χ1v) is 9.26. The zero-order chi connectivity index (χ0) is 14.7. The largest absolute Gasteiger partial charge is 0.337 e. The van der Waals surface area contributed by atoms with E-state index in [0.717, 1.165) is 37.8 Å². The second kappa shape index (κ2) is 8.54. The van der Waals surface area contributed by atoms with E-state index in [1.165, 1.54) is 51.4 Å². The van der Waals surface area contributed by atoms with Gasteiger partial charge in [-0.2, -0.15) is 0 Å². The third-order valence-electron chi connectivity index (χ3n) is 5.83. The average Bonchev–Trinajstić information content (AvgIpc) is 3.33. The van der Waals surface area contributed by atoms with E-state index < -0.39 is 0 Å². The first kappa shape index (κ1) is 18.1. The Morgan fingerprint density at radius 1 is 0.955 bits per heavy atom. The van der Waals surface area contributed by atoms with Crippen LogP contribution in [-0.4, -0.2) is 36.0 Å². The van der Waals surface area contributed by atoms with Crippen molar-refractivity contribution in [3.63, 3.8) is 0 Å². The molecule has 0 aromatic carbocycles. The molecule has 2 aliphatic carbocycles. The van der Waals surface area contributed by atoms with Crippen molar-refractivity contribution in [2.45, 2.75) is 83.2 Å². The minimum atomic E-state index is 0. The Labute approximate surface area is 142 Å². The number of rotatable bonds is 5. The molecule has 0 bridgehead atoms. The molecule has 0 unspecified atom stereocenters. The van der Waals surface area contributed by atoms with Crippen molar-refractivity contribution < 1.29 is 4.79 Å². The highest BCUT2D eigenvalue weighted by Crippen LogP contribution is 2.36. The highest BCUT2D eigenvalue weighted by molar-refractivity contribution is 5.85. The van der Waals surface area contributed by atoms with Crippen LogP contribution in [0.2, 0.25) is 0 Å². The number of halogens is 1.